The van der Waals surface area contributed by atoms with Crippen molar-refractivity contribution in [1.29, 1.82) is 0 Å². The molecular formula is C16H14BrNO3. The van der Waals surface area contributed by atoms with Gasteiger partial charge < -0.3 is 10.4 Å². The highest BCUT2D eigenvalue weighted by Gasteiger charge is 2.11. The quantitative estimate of drug-likeness (QED) is 0.879. The Hall–Kier alpha value is -2.14. The van der Waals surface area contributed by atoms with Gasteiger partial charge >= 0.3 is 5.97 Å². The van der Waals surface area contributed by atoms with Crippen molar-refractivity contribution >= 4 is 33.5 Å². The zero-order valence-corrected chi connectivity index (χ0v) is 13.0. The Labute approximate surface area is 130 Å². The number of nitrogens with one attached hydrogen (secondary N) is 1. The van der Waals surface area contributed by atoms with Crippen LogP contribution in [0.2, 0.25) is 0 Å². The van der Waals surface area contributed by atoms with Crippen LogP contribution in [0, 0.1) is 0 Å². The molecule has 0 saturated heterocycles. The lowest BCUT2D eigenvalue weighted by Gasteiger charge is -2.09. The van der Waals surface area contributed by atoms with E-state index in [9.17, 15) is 9.59 Å². The summed E-state index contributed by atoms with van der Waals surface area (Å²) in [7, 11) is 0. The van der Waals surface area contributed by atoms with Crippen LogP contribution in [0.15, 0.2) is 46.9 Å². The predicted molar refractivity (Wildman–Crippen MR) is 84.9 cm³/mol. The van der Waals surface area contributed by atoms with E-state index in [1.807, 2.05) is 19.1 Å². The van der Waals surface area contributed by atoms with Gasteiger partial charge in [-0.1, -0.05) is 19.1 Å². The molecule has 0 fully saturated rings. The molecule has 0 aliphatic rings. The van der Waals surface area contributed by atoms with Crippen molar-refractivity contribution in [2.24, 2.45) is 0 Å². The van der Waals surface area contributed by atoms with Gasteiger partial charge in [-0.3, -0.25) is 4.79 Å². The molecule has 0 bridgehead atoms. The van der Waals surface area contributed by atoms with Crippen LogP contribution < -0.4 is 5.32 Å². The number of amides is 1. The van der Waals surface area contributed by atoms with Crippen LogP contribution in [0.1, 0.15) is 33.2 Å². The van der Waals surface area contributed by atoms with E-state index in [0.717, 1.165) is 12.0 Å². The summed E-state index contributed by atoms with van der Waals surface area (Å²) in [4.78, 5) is 23.1. The van der Waals surface area contributed by atoms with Gasteiger partial charge in [-0.05, 0) is 58.2 Å². The summed E-state index contributed by atoms with van der Waals surface area (Å²) in [6.45, 7) is 2.05. The lowest BCUT2D eigenvalue weighted by molar-refractivity contribution is 0.0696. The third kappa shape index (κ3) is 3.70. The van der Waals surface area contributed by atoms with Crippen LogP contribution in [0.4, 0.5) is 5.69 Å². The Morgan fingerprint density at radius 1 is 1.10 bits per heavy atom. The van der Waals surface area contributed by atoms with Crippen molar-refractivity contribution < 1.29 is 14.7 Å². The van der Waals surface area contributed by atoms with Gasteiger partial charge in [-0.15, -0.1) is 0 Å². The maximum atomic E-state index is 12.2. The molecule has 0 radical (unpaired) electrons. The summed E-state index contributed by atoms with van der Waals surface area (Å²) >= 11 is 3.30. The molecule has 0 aliphatic heterocycles. The summed E-state index contributed by atoms with van der Waals surface area (Å²) in [6.07, 6.45) is 0.911. The Bertz CT molecular complexity index is 680. The second kappa shape index (κ2) is 6.54. The van der Waals surface area contributed by atoms with Gasteiger partial charge in [0.2, 0.25) is 0 Å². The molecule has 21 heavy (non-hydrogen) atoms. The van der Waals surface area contributed by atoms with Gasteiger partial charge in [0.25, 0.3) is 5.91 Å². The van der Waals surface area contributed by atoms with E-state index in [-0.39, 0.29) is 11.5 Å². The second-order valence-electron chi connectivity index (χ2n) is 4.50. The molecule has 2 aromatic rings. The largest absolute Gasteiger partial charge is 0.478 e. The normalized spacial score (nSPS) is 10.2. The van der Waals surface area contributed by atoms with Crippen molar-refractivity contribution in [3.8, 4) is 0 Å². The lowest BCUT2D eigenvalue weighted by atomic mass is 10.1. The van der Waals surface area contributed by atoms with Gasteiger partial charge in [0.15, 0.2) is 0 Å². The van der Waals surface area contributed by atoms with E-state index in [0.29, 0.717) is 15.7 Å². The van der Waals surface area contributed by atoms with Crippen LogP contribution in [-0.4, -0.2) is 17.0 Å². The Balaban J connectivity index is 2.22. The first-order chi connectivity index (χ1) is 10.0. The minimum absolute atomic E-state index is 0.120. The summed E-state index contributed by atoms with van der Waals surface area (Å²) in [5.41, 5.74) is 2.23. The zero-order chi connectivity index (χ0) is 15.4. The maximum Gasteiger partial charge on any atom is 0.335 e. The summed E-state index contributed by atoms with van der Waals surface area (Å²) in [6, 6.07) is 11.8. The number of hydrogen-bond acceptors (Lipinski definition) is 2. The number of anilines is 1. The highest BCUT2D eigenvalue weighted by atomic mass is 79.9. The van der Waals surface area contributed by atoms with Crippen molar-refractivity contribution in [3.05, 3.63) is 63.6 Å². The highest BCUT2D eigenvalue weighted by molar-refractivity contribution is 9.10. The van der Waals surface area contributed by atoms with Gasteiger partial charge in [0, 0.05) is 10.0 Å². The van der Waals surface area contributed by atoms with Crippen LogP contribution in [0.25, 0.3) is 0 Å². The van der Waals surface area contributed by atoms with E-state index in [2.05, 4.69) is 21.2 Å². The van der Waals surface area contributed by atoms with Crippen LogP contribution in [0.3, 0.4) is 0 Å². The topological polar surface area (TPSA) is 66.4 Å². The molecule has 5 heteroatoms. The second-order valence-corrected chi connectivity index (χ2v) is 5.36. The summed E-state index contributed by atoms with van der Waals surface area (Å²) < 4.78 is 0.631. The molecule has 0 saturated carbocycles. The number of rotatable bonds is 4. The first-order valence-corrected chi connectivity index (χ1v) is 7.23. The lowest BCUT2D eigenvalue weighted by Crippen LogP contribution is -2.13. The molecule has 2 N–H and O–H groups in total. The third-order valence-electron chi connectivity index (χ3n) is 3.09. The monoisotopic (exact) mass is 347 g/mol. The van der Waals surface area contributed by atoms with Crippen molar-refractivity contribution in [2.45, 2.75) is 13.3 Å². The first-order valence-electron chi connectivity index (χ1n) is 6.44. The van der Waals surface area contributed by atoms with Crippen LogP contribution in [-0.2, 0) is 6.42 Å². The SMILES string of the molecule is CCc1ccc(C(=O)Nc2cc(C(=O)O)ccc2Br)cc1. The van der Waals surface area contributed by atoms with Crippen LogP contribution in [0.5, 0.6) is 0 Å². The minimum Gasteiger partial charge on any atom is -0.478 e. The fourth-order valence-corrected chi connectivity index (χ4v) is 2.19. The molecule has 4 nitrogen and oxygen atoms in total. The number of aryl methyl sites for hydroxylation is 1. The number of aromatic carboxylic acids is 1. The molecule has 0 spiro atoms. The summed E-state index contributed by atoms with van der Waals surface area (Å²) in [5, 5.41) is 11.7. The molecule has 0 aliphatic carbocycles. The average Bonchev–Trinajstić information content (AvgIpc) is 2.49. The maximum absolute atomic E-state index is 12.2. The molecule has 0 atom stereocenters. The van der Waals surface area contributed by atoms with Gasteiger partial charge in [-0.25, -0.2) is 4.79 Å². The van der Waals surface area contributed by atoms with Gasteiger partial charge in [0.05, 0.1) is 11.3 Å². The molecule has 0 unspecified atom stereocenters. The number of benzene rings is 2. The Morgan fingerprint density at radius 2 is 1.71 bits per heavy atom. The molecular weight excluding hydrogens is 334 g/mol. The number of carbonyl (C=O) groups is 2. The Kier molecular flexibility index (Phi) is 4.75. The number of carbonyl (C=O) groups excluding carboxylic acids is 1. The molecule has 1 amide bonds. The molecule has 0 heterocycles. The Morgan fingerprint density at radius 3 is 2.29 bits per heavy atom. The van der Waals surface area contributed by atoms with Gasteiger partial charge in [0.1, 0.15) is 0 Å². The van der Waals surface area contributed by atoms with E-state index in [4.69, 9.17) is 5.11 Å². The number of carboxylic acids is 1. The fraction of sp³-hybridized carbons (Fsp3) is 0.125. The smallest absolute Gasteiger partial charge is 0.335 e. The van der Waals surface area contributed by atoms with Crippen LogP contribution >= 0.6 is 15.9 Å². The minimum atomic E-state index is -1.04. The van der Waals surface area contributed by atoms with Crippen molar-refractivity contribution in [1.82, 2.24) is 0 Å². The van der Waals surface area contributed by atoms with E-state index < -0.39 is 5.97 Å². The first kappa shape index (κ1) is 15.3. The van der Waals surface area contributed by atoms with Crippen molar-refractivity contribution in [3.63, 3.8) is 0 Å². The van der Waals surface area contributed by atoms with Crippen molar-refractivity contribution in [2.75, 3.05) is 5.32 Å². The number of halogens is 1. The average molecular weight is 348 g/mol. The molecule has 2 aromatic carbocycles. The standard InChI is InChI=1S/C16H14BrNO3/c1-2-10-3-5-11(6-4-10)15(19)18-14-9-12(16(20)21)7-8-13(14)17/h3-9H,2H2,1H3,(H,18,19)(H,20,21). The third-order valence-corrected chi connectivity index (χ3v) is 3.78. The number of carboxylic acid groups (broad SMARTS) is 1. The highest BCUT2D eigenvalue weighted by Crippen LogP contribution is 2.24. The van der Waals surface area contributed by atoms with E-state index in [1.165, 1.54) is 12.1 Å². The number of hydrogen-bond donors (Lipinski definition) is 2. The zero-order valence-electron chi connectivity index (χ0n) is 11.4. The molecule has 2 rings (SSSR count). The van der Waals surface area contributed by atoms with E-state index >= 15 is 0 Å². The predicted octanol–water partition coefficient (Wildman–Crippen LogP) is 3.96. The fourth-order valence-electron chi connectivity index (χ4n) is 1.84. The molecule has 108 valence electrons. The van der Waals surface area contributed by atoms with E-state index in [1.54, 1.807) is 18.2 Å². The molecule has 0 aromatic heterocycles. The summed E-state index contributed by atoms with van der Waals surface area (Å²) in [5.74, 6) is -1.31. The van der Waals surface area contributed by atoms with Gasteiger partial charge in [-0.2, -0.15) is 0 Å².